The lowest BCUT2D eigenvalue weighted by Crippen LogP contribution is -2.13. The first-order valence-electron chi connectivity index (χ1n) is 6.51. The number of amides is 1. The first kappa shape index (κ1) is 16.2. The summed E-state index contributed by atoms with van der Waals surface area (Å²) in [7, 11) is 0. The van der Waals surface area contributed by atoms with Gasteiger partial charge in [0.15, 0.2) is 0 Å². The van der Waals surface area contributed by atoms with Gasteiger partial charge >= 0.3 is 0 Å². The zero-order valence-corrected chi connectivity index (χ0v) is 14.1. The predicted octanol–water partition coefficient (Wildman–Crippen LogP) is 4.85. The summed E-state index contributed by atoms with van der Waals surface area (Å²) in [5, 5.41) is 2.84. The Morgan fingerprint density at radius 2 is 2.05 bits per heavy atom. The highest BCUT2D eigenvalue weighted by molar-refractivity contribution is 14.1. The number of anilines is 1. The molecule has 0 heterocycles. The zero-order valence-electron chi connectivity index (χ0n) is 11.2. The van der Waals surface area contributed by atoms with Crippen LogP contribution < -0.4 is 5.32 Å². The Morgan fingerprint density at radius 3 is 2.76 bits per heavy atom. The van der Waals surface area contributed by atoms with Crippen molar-refractivity contribution in [3.05, 3.63) is 63.0 Å². The standard InChI is InChI=1S/C16H14ClFINO/c17-8-2-4-11-3-1-5-13(9-11)20-16(21)14-7-6-12(18)10-15(14)19/h1,3,5-7,9-10H,2,4,8H2,(H,20,21). The number of alkyl halides is 1. The molecule has 5 heteroatoms. The van der Waals surface area contributed by atoms with Gasteiger partial charge in [-0.25, -0.2) is 4.39 Å². The van der Waals surface area contributed by atoms with E-state index in [1.54, 1.807) is 0 Å². The van der Waals surface area contributed by atoms with Gasteiger partial charge in [-0.1, -0.05) is 12.1 Å². The number of benzene rings is 2. The number of aryl methyl sites for hydroxylation is 1. The molecule has 1 N–H and O–H groups in total. The maximum atomic E-state index is 13.1. The molecule has 0 aliphatic rings. The van der Waals surface area contributed by atoms with Crippen LogP contribution in [0.15, 0.2) is 42.5 Å². The minimum atomic E-state index is -0.348. The van der Waals surface area contributed by atoms with Crippen LogP contribution in [-0.4, -0.2) is 11.8 Å². The molecule has 0 saturated heterocycles. The van der Waals surface area contributed by atoms with E-state index in [0.29, 0.717) is 15.0 Å². The molecule has 110 valence electrons. The van der Waals surface area contributed by atoms with E-state index in [0.717, 1.165) is 24.1 Å². The van der Waals surface area contributed by atoms with E-state index in [-0.39, 0.29) is 11.7 Å². The van der Waals surface area contributed by atoms with E-state index in [1.165, 1.54) is 18.2 Å². The first-order chi connectivity index (χ1) is 10.1. The molecule has 0 radical (unpaired) electrons. The average molecular weight is 418 g/mol. The maximum Gasteiger partial charge on any atom is 0.256 e. The van der Waals surface area contributed by atoms with Crippen molar-refractivity contribution in [3.8, 4) is 0 Å². The summed E-state index contributed by atoms with van der Waals surface area (Å²) >= 11 is 7.64. The van der Waals surface area contributed by atoms with Crippen LogP contribution in [0.25, 0.3) is 0 Å². The van der Waals surface area contributed by atoms with Crippen molar-refractivity contribution < 1.29 is 9.18 Å². The van der Waals surface area contributed by atoms with E-state index in [9.17, 15) is 9.18 Å². The second kappa shape index (κ2) is 7.75. The van der Waals surface area contributed by atoms with Crippen LogP contribution in [-0.2, 0) is 6.42 Å². The fourth-order valence-corrected chi connectivity index (χ4v) is 2.80. The molecule has 0 atom stereocenters. The molecule has 0 aliphatic heterocycles. The van der Waals surface area contributed by atoms with Gasteiger partial charge < -0.3 is 5.32 Å². The van der Waals surface area contributed by atoms with Gasteiger partial charge in [-0.2, -0.15) is 0 Å². The number of rotatable bonds is 5. The summed E-state index contributed by atoms with van der Waals surface area (Å²) in [6.07, 6.45) is 1.77. The second-order valence-corrected chi connectivity index (χ2v) is 6.11. The van der Waals surface area contributed by atoms with Crippen molar-refractivity contribution in [1.82, 2.24) is 0 Å². The van der Waals surface area contributed by atoms with Gasteiger partial charge in [0, 0.05) is 15.1 Å². The molecule has 0 aromatic heterocycles. The van der Waals surface area contributed by atoms with Gasteiger partial charge in [-0.3, -0.25) is 4.79 Å². The van der Waals surface area contributed by atoms with Gasteiger partial charge in [0.05, 0.1) is 5.56 Å². The number of carbonyl (C=O) groups is 1. The zero-order chi connectivity index (χ0) is 15.2. The van der Waals surface area contributed by atoms with Crippen LogP contribution in [0, 0.1) is 9.39 Å². The Bertz CT molecular complexity index is 648. The summed E-state index contributed by atoms with van der Waals surface area (Å²) in [4.78, 5) is 12.2. The van der Waals surface area contributed by atoms with Crippen LogP contribution in [0.4, 0.5) is 10.1 Å². The van der Waals surface area contributed by atoms with E-state index in [1.807, 2.05) is 46.9 Å². The van der Waals surface area contributed by atoms with Crippen LogP contribution in [0.2, 0.25) is 0 Å². The highest BCUT2D eigenvalue weighted by atomic mass is 127. The number of hydrogen-bond acceptors (Lipinski definition) is 1. The number of carbonyl (C=O) groups excluding carboxylic acids is 1. The molecule has 2 nitrogen and oxygen atoms in total. The number of nitrogens with one attached hydrogen (secondary N) is 1. The third-order valence-corrected chi connectivity index (χ3v) is 4.12. The maximum absolute atomic E-state index is 13.1. The average Bonchev–Trinajstić information content (AvgIpc) is 2.45. The predicted molar refractivity (Wildman–Crippen MR) is 92.6 cm³/mol. The highest BCUT2D eigenvalue weighted by Gasteiger charge is 2.11. The molecule has 21 heavy (non-hydrogen) atoms. The monoisotopic (exact) mass is 417 g/mol. The molecule has 0 bridgehead atoms. The van der Waals surface area contributed by atoms with Crippen LogP contribution >= 0.6 is 34.2 Å². The van der Waals surface area contributed by atoms with Gasteiger partial charge in [0.25, 0.3) is 5.91 Å². The molecule has 2 aromatic rings. The van der Waals surface area contributed by atoms with Crippen molar-refractivity contribution in [2.45, 2.75) is 12.8 Å². The SMILES string of the molecule is O=C(Nc1cccc(CCCCl)c1)c1ccc(F)cc1I. The molecule has 0 aliphatic carbocycles. The molecular weight excluding hydrogens is 404 g/mol. The Labute approximate surface area is 141 Å². The topological polar surface area (TPSA) is 29.1 Å². The van der Waals surface area contributed by atoms with Crippen molar-refractivity contribution >= 4 is 45.8 Å². The lowest BCUT2D eigenvalue weighted by Gasteiger charge is -2.08. The Balaban J connectivity index is 2.12. The fraction of sp³-hybridized carbons (Fsp3) is 0.188. The van der Waals surface area contributed by atoms with Gasteiger partial charge in [-0.05, 0) is 71.3 Å². The summed E-state index contributed by atoms with van der Waals surface area (Å²) in [5.74, 6) is 0.0255. The van der Waals surface area contributed by atoms with Gasteiger partial charge in [-0.15, -0.1) is 11.6 Å². The summed E-state index contributed by atoms with van der Waals surface area (Å²) in [5.41, 5.74) is 2.32. The van der Waals surface area contributed by atoms with Crippen molar-refractivity contribution in [2.75, 3.05) is 11.2 Å². The minimum absolute atomic E-state index is 0.242. The highest BCUT2D eigenvalue weighted by Crippen LogP contribution is 2.17. The Kier molecular flexibility index (Phi) is 5.99. The summed E-state index contributed by atoms with van der Waals surface area (Å²) < 4.78 is 13.6. The third-order valence-electron chi connectivity index (χ3n) is 2.96. The molecule has 0 unspecified atom stereocenters. The van der Waals surface area contributed by atoms with Gasteiger partial charge in [0.1, 0.15) is 5.82 Å². The molecule has 2 rings (SSSR count). The van der Waals surface area contributed by atoms with Crippen molar-refractivity contribution in [2.24, 2.45) is 0 Å². The van der Waals surface area contributed by atoms with E-state index < -0.39 is 0 Å². The normalized spacial score (nSPS) is 10.4. The van der Waals surface area contributed by atoms with E-state index in [4.69, 9.17) is 11.6 Å². The molecule has 2 aromatic carbocycles. The molecule has 1 amide bonds. The Morgan fingerprint density at radius 1 is 1.24 bits per heavy atom. The van der Waals surface area contributed by atoms with Gasteiger partial charge in [0.2, 0.25) is 0 Å². The summed E-state index contributed by atoms with van der Waals surface area (Å²) in [6, 6.07) is 11.8. The molecule has 0 spiro atoms. The van der Waals surface area contributed by atoms with E-state index in [2.05, 4.69) is 5.32 Å². The third kappa shape index (κ3) is 4.68. The minimum Gasteiger partial charge on any atom is -0.322 e. The number of hydrogen-bond donors (Lipinski definition) is 1. The quantitative estimate of drug-likeness (QED) is 0.547. The largest absolute Gasteiger partial charge is 0.322 e. The number of halogens is 3. The second-order valence-electron chi connectivity index (χ2n) is 4.57. The first-order valence-corrected chi connectivity index (χ1v) is 8.13. The summed E-state index contributed by atoms with van der Waals surface area (Å²) in [6.45, 7) is 0. The molecule has 0 saturated carbocycles. The molecule has 0 fully saturated rings. The van der Waals surface area contributed by atoms with Crippen LogP contribution in [0.3, 0.4) is 0 Å². The molecular formula is C16H14ClFINO. The van der Waals surface area contributed by atoms with E-state index >= 15 is 0 Å². The lowest BCUT2D eigenvalue weighted by atomic mass is 10.1. The smallest absolute Gasteiger partial charge is 0.256 e. The van der Waals surface area contributed by atoms with Crippen molar-refractivity contribution in [1.29, 1.82) is 0 Å². The van der Waals surface area contributed by atoms with Crippen molar-refractivity contribution in [3.63, 3.8) is 0 Å². The Hall–Kier alpha value is -1.14. The lowest BCUT2D eigenvalue weighted by molar-refractivity contribution is 0.102. The van der Waals surface area contributed by atoms with Crippen LogP contribution in [0.5, 0.6) is 0 Å². The fourth-order valence-electron chi connectivity index (χ4n) is 1.95. The van der Waals surface area contributed by atoms with Crippen LogP contribution in [0.1, 0.15) is 22.3 Å².